The highest BCUT2D eigenvalue weighted by Gasteiger charge is 2.11. The van der Waals surface area contributed by atoms with Gasteiger partial charge < -0.3 is 10.6 Å². The second kappa shape index (κ2) is 7.02. The van der Waals surface area contributed by atoms with E-state index in [4.69, 9.17) is 0 Å². The lowest BCUT2D eigenvalue weighted by molar-refractivity contribution is 0.102. The summed E-state index contributed by atoms with van der Waals surface area (Å²) >= 11 is 0. The Hall–Kier alpha value is -2.43. The summed E-state index contributed by atoms with van der Waals surface area (Å²) in [6.07, 6.45) is 1.40. The fourth-order valence-electron chi connectivity index (χ4n) is 1.96. The second-order valence-electron chi connectivity index (χ2n) is 5.76. The molecule has 0 unspecified atom stereocenters. The quantitative estimate of drug-likeness (QED) is 0.887. The Morgan fingerprint density at radius 3 is 2.73 bits per heavy atom. The molecule has 0 aliphatic carbocycles. The number of carbonyl (C=O) groups is 1. The van der Waals surface area contributed by atoms with Gasteiger partial charge in [-0.15, -0.1) is 0 Å². The molecule has 0 bridgehead atoms. The molecule has 0 atom stereocenters. The van der Waals surface area contributed by atoms with Gasteiger partial charge in [0.05, 0.1) is 0 Å². The van der Waals surface area contributed by atoms with Gasteiger partial charge in [-0.25, -0.2) is 9.97 Å². The Labute approximate surface area is 131 Å². The van der Waals surface area contributed by atoms with Gasteiger partial charge >= 0.3 is 0 Å². The third kappa shape index (κ3) is 4.04. The summed E-state index contributed by atoms with van der Waals surface area (Å²) in [7, 11) is 0. The number of aryl methyl sites for hydroxylation is 1. The Kier molecular flexibility index (Phi) is 5.09. The molecule has 1 amide bonds. The molecule has 0 radical (unpaired) electrons. The first-order chi connectivity index (χ1) is 10.5. The van der Waals surface area contributed by atoms with Crippen LogP contribution in [-0.4, -0.2) is 22.4 Å². The first-order valence-corrected chi connectivity index (χ1v) is 7.41. The minimum Gasteiger partial charge on any atom is -0.370 e. The van der Waals surface area contributed by atoms with Gasteiger partial charge in [0.15, 0.2) is 0 Å². The summed E-state index contributed by atoms with van der Waals surface area (Å²) in [6, 6.07) is 7.50. The Balaban J connectivity index is 2.12. The van der Waals surface area contributed by atoms with E-state index in [1.807, 2.05) is 32.0 Å². The molecule has 2 rings (SSSR count). The van der Waals surface area contributed by atoms with Crippen LogP contribution in [0.2, 0.25) is 0 Å². The molecule has 1 aromatic carbocycles. The van der Waals surface area contributed by atoms with Crippen LogP contribution in [0.3, 0.4) is 0 Å². The van der Waals surface area contributed by atoms with Crippen LogP contribution in [0.5, 0.6) is 0 Å². The van der Waals surface area contributed by atoms with Crippen molar-refractivity contribution < 1.29 is 4.79 Å². The van der Waals surface area contributed by atoms with Crippen LogP contribution in [0, 0.1) is 19.8 Å². The van der Waals surface area contributed by atoms with Crippen LogP contribution in [0.15, 0.2) is 30.6 Å². The number of anilines is 2. The van der Waals surface area contributed by atoms with Crippen LogP contribution >= 0.6 is 0 Å². The predicted octanol–water partition coefficient (Wildman–Crippen LogP) is 3.41. The molecule has 1 aromatic heterocycles. The first kappa shape index (κ1) is 15.9. The Morgan fingerprint density at radius 1 is 1.23 bits per heavy atom. The molecule has 5 heteroatoms. The molecule has 0 saturated heterocycles. The number of nitrogens with one attached hydrogen (secondary N) is 2. The number of nitrogens with zero attached hydrogens (tertiary/aromatic N) is 2. The van der Waals surface area contributed by atoms with Crippen molar-refractivity contribution in [3.63, 3.8) is 0 Å². The Bertz CT molecular complexity index is 667. The summed E-state index contributed by atoms with van der Waals surface area (Å²) in [5.41, 5.74) is 3.35. The second-order valence-corrected chi connectivity index (χ2v) is 5.76. The number of rotatable bonds is 5. The average molecular weight is 298 g/mol. The van der Waals surface area contributed by atoms with Crippen molar-refractivity contribution in [1.29, 1.82) is 0 Å². The summed E-state index contributed by atoms with van der Waals surface area (Å²) in [5, 5.41) is 6.10. The molecule has 0 aliphatic rings. The molecule has 2 N–H and O–H groups in total. The monoisotopic (exact) mass is 298 g/mol. The lowest BCUT2D eigenvalue weighted by atomic mass is 10.1. The van der Waals surface area contributed by atoms with E-state index in [2.05, 4.69) is 34.4 Å². The molecule has 0 saturated carbocycles. The van der Waals surface area contributed by atoms with Gasteiger partial charge in [-0.05, 0) is 37.0 Å². The molecule has 2 aromatic rings. The van der Waals surface area contributed by atoms with E-state index in [1.165, 1.54) is 6.33 Å². The number of aromatic nitrogens is 2. The van der Waals surface area contributed by atoms with E-state index in [9.17, 15) is 4.79 Å². The maximum Gasteiger partial charge on any atom is 0.274 e. The molecular weight excluding hydrogens is 276 g/mol. The number of carbonyl (C=O) groups excluding carboxylic acids is 1. The van der Waals surface area contributed by atoms with Crippen molar-refractivity contribution in [2.75, 3.05) is 17.2 Å². The van der Waals surface area contributed by atoms with E-state index in [0.29, 0.717) is 17.4 Å². The smallest absolute Gasteiger partial charge is 0.274 e. The zero-order chi connectivity index (χ0) is 16.1. The van der Waals surface area contributed by atoms with Crippen molar-refractivity contribution in [3.8, 4) is 0 Å². The number of hydrogen-bond donors (Lipinski definition) is 2. The van der Waals surface area contributed by atoms with Gasteiger partial charge in [0, 0.05) is 18.3 Å². The van der Waals surface area contributed by atoms with Crippen molar-refractivity contribution in [1.82, 2.24) is 9.97 Å². The minimum atomic E-state index is -0.233. The molecule has 0 fully saturated rings. The topological polar surface area (TPSA) is 66.9 Å². The van der Waals surface area contributed by atoms with Gasteiger partial charge in [-0.3, -0.25) is 4.79 Å². The van der Waals surface area contributed by atoms with Crippen LogP contribution in [0.4, 0.5) is 11.5 Å². The maximum atomic E-state index is 12.3. The standard InChI is InChI=1S/C17H22N4O/c1-11(2)9-18-16-8-15(19-10-20-16)17(22)21-14-7-5-6-12(3)13(14)4/h5-8,10-11H,9H2,1-4H3,(H,21,22)(H,18,19,20). The summed E-state index contributed by atoms with van der Waals surface area (Å²) in [4.78, 5) is 20.5. The maximum absolute atomic E-state index is 12.3. The van der Waals surface area contributed by atoms with Gasteiger partial charge in [0.25, 0.3) is 5.91 Å². The fourth-order valence-corrected chi connectivity index (χ4v) is 1.96. The van der Waals surface area contributed by atoms with Crippen molar-refractivity contribution in [3.05, 3.63) is 47.4 Å². The number of amides is 1. The first-order valence-electron chi connectivity index (χ1n) is 7.41. The number of benzene rings is 1. The highest BCUT2D eigenvalue weighted by molar-refractivity contribution is 6.03. The van der Waals surface area contributed by atoms with Crippen LogP contribution in [-0.2, 0) is 0 Å². The van der Waals surface area contributed by atoms with Crippen LogP contribution in [0.1, 0.15) is 35.5 Å². The van der Waals surface area contributed by atoms with Crippen LogP contribution < -0.4 is 10.6 Å². The highest BCUT2D eigenvalue weighted by Crippen LogP contribution is 2.18. The summed E-state index contributed by atoms with van der Waals surface area (Å²) in [6.45, 7) is 9.03. The zero-order valence-electron chi connectivity index (χ0n) is 13.5. The molecule has 22 heavy (non-hydrogen) atoms. The summed E-state index contributed by atoms with van der Waals surface area (Å²) in [5.74, 6) is 0.931. The fraction of sp³-hybridized carbons (Fsp3) is 0.353. The van der Waals surface area contributed by atoms with Crippen molar-refractivity contribution >= 4 is 17.4 Å². The van der Waals surface area contributed by atoms with E-state index in [0.717, 1.165) is 23.4 Å². The molecule has 5 nitrogen and oxygen atoms in total. The van der Waals surface area contributed by atoms with Gasteiger partial charge in [-0.1, -0.05) is 26.0 Å². The zero-order valence-corrected chi connectivity index (χ0v) is 13.5. The minimum absolute atomic E-state index is 0.233. The normalized spacial score (nSPS) is 10.6. The van der Waals surface area contributed by atoms with E-state index < -0.39 is 0 Å². The SMILES string of the molecule is Cc1cccc(NC(=O)c2cc(NCC(C)C)ncn2)c1C. The van der Waals surface area contributed by atoms with Crippen molar-refractivity contribution in [2.45, 2.75) is 27.7 Å². The molecule has 0 aliphatic heterocycles. The summed E-state index contributed by atoms with van der Waals surface area (Å²) < 4.78 is 0. The Morgan fingerprint density at radius 2 is 2.00 bits per heavy atom. The third-order valence-corrected chi connectivity index (χ3v) is 3.44. The molecular formula is C17H22N4O. The van der Waals surface area contributed by atoms with Gasteiger partial charge in [-0.2, -0.15) is 0 Å². The van der Waals surface area contributed by atoms with Crippen molar-refractivity contribution in [2.24, 2.45) is 5.92 Å². The lowest BCUT2D eigenvalue weighted by Crippen LogP contribution is -2.16. The lowest BCUT2D eigenvalue weighted by Gasteiger charge is -2.11. The third-order valence-electron chi connectivity index (χ3n) is 3.44. The van der Waals surface area contributed by atoms with Gasteiger partial charge in [0.1, 0.15) is 17.8 Å². The van der Waals surface area contributed by atoms with E-state index in [1.54, 1.807) is 6.07 Å². The molecule has 1 heterocycles. The van der Waals surface area contributed by atoms with E-state index in [-0.39, 0.29) is 5.91 Å². The highest BCUT2D eigenvalue weighted by atomic mass is 16.1. The molecule has 116 valence electrons. The van der Waals surface area contributed by atoms with E-state index >= 15 is 0 Å². The molecule has 0 spiro atoms. The average Bonchev–Trinajstić information content (AvgIpc) is 2.50. The largest absolute Gasteiger partial charge is 0.370 e. The number of hydrogen-bond acceptors (Lipinski definition) is 4. The van der Waals surface area contributed by atoms with Gasteiger partial charge in [0.2, 0.25) is 0 Å². The van der Waals surface area contributed by atoms with Crippen LogP contribution in [0.25, 0.3) is 0 Å². The predicted molar refractivity (Wildman–Crippen MR) is 89.2 cm³/mol.